The number of hydrogen-bond donors (Lipinski definition) is 1. The van der Waals surface area contributed by atoms with Gasteiger partial charge in [-0.2, -0.15) is 0 Å². The lowest BCUT2D eigenvalue weighted by atomic mass is 9.92. The Morgan fingerprint density at radius 1 is 1.30 bits per heavy atom. The number of rotatable bonds is 3. The zero-order valence-electron chi connectivity index (χ0n) is 13.8. The Labute approximate surface area is 136 Å². The second-order valence-corrected chi connectivity index (χ2v) is 7.32. The Hall–Kier alpha value is -2.11. The van der Waals surface area contributed by atoms with Crippen molar-refractivity contribution in [2.24, 2.45) is 5.92 Å². The van der Waals surface area contributed by atoms with Crippen LogP contribution in [0, 0.1) is 5.92 Å². The predicted octanol–water partition coefficient (Wildman–Crippen LogP) is 2.76. The van der Waals surface area contributed by atoms with Crippen LogP contribution in [-0.4, -0.2) is 40.6 Å². The molecule has 6 nitrogen and oxygen atoms in total. The standard InChI is InChI=1S/C17H23N3O3/c1-17(2,3)23-16(22)20-9-13(10-20)12-6-7-18-14(8-12)19-15(21)11-4-5-11/h6-8,11,13H,4-5,9-10H2,1-3H3,(H,18,19,21). The van der Waals surface area contributed by atoms with Gasteiger partial charge in [0.15, 0.2) is 0 Å². The average molecular weight is 317 g/mol. The van der Waals surface area contributed by atoms with Crippen LogP contribution in [0.5, 0.6) is 0 Å². The van der Waals surface area contributed by atoms with Gasteiger partial charge in [0.05, 0.1) is 0 Å². The summed E-state index contributed by atoms with van der Waals surface area (Å²) in [7, 11) is 0. The second-order valence-electron chi connectivity index (χ2n) is 7.32. The third kappa shape index (κ3) is 4.00. The second kappa shape index (κ2) is 5.83. The number of nitrogens with one attached hydrogen (secondary N) is 1. The van der Waals surface area contributed by atoms with Crippen LogP contribution in [-0.2, 0) is 9.53 Å². The van der Waals surface area contributed by atoms with Gasteiger partial charge in [-0.3, -0.25) is 4.79 Å². The lowest BCUT2D eigenvalue weighted by Crippen LogP contribution is -2.50. The largest absolute Gasteiger partial charge is 0.444 e. The van der Waals surface area contributed by atoms with Gasteiger partial charge in [-0.05, 0) is 51.3 Å². The van der Waals surface area contributed by atoms with Gasteiger partial charge < -0.3 is 15.0 Å². The van der Waals surface area contributed by atoms with Crippen molar-refractivity contribution in [3.8, 4) is 0 Å². The smallest absolute Gasteiger partial charge is 0.410 e. The minimum Gasteiger partial charge on any atom is -0.444 e. The first kappa shape index (κ1) is 15.8. The molecule has 0 bridgehead atoms. The first-order valence-corrected chi connectivity index (χ1v) is 8.06. The molecule has 0 aromatic carbocycles. The van der Waals surface area contributed by atoms with Crippen molar-refractivity contribution < 1.29 is 14.3 Å². The molecule has 2 heterocycles. The van der Waals surface area contributed by atoms with Crippen molar-refractivity contribution in [3.05, 3.63) is 23.9 Å². The van der Waals surface area contributed by atoms with Crippen molar-refractivity contribution >= 4 is 17.8 Å². The van der Waals surface area contributed by atoms with E-state index in [1.165, 1.54) is 0 Å². The molecule has 2 amide bonds. The van der Waals surface area contributed by atoms with E-state index in [1.54, 1.807) is 11.1 Å². The van der Waals surface area contributed by atoms with Gasteiger partial charge >= 0.3 is 6.09 Å². The molecule has 0 radical (unpaired) electrons. The summed E-state index contributed by atoms with van der Waals surface area (Å²) in [5, 5.41) is 2.86. The number of hydrogen-bond acceptors (Lipinski definition) is 4. The highest BCUT2D eigenvalue weighted by Gasteiger charge is 2.35. The van der Waals surface area contributed by atoms with Crippen molar-refractivity contribution in [3.63, 3.8) is 0 Å². The fourth-order valence-electron chi connectivity index (χ4n) is 2.51. The normalized spacial score (nSPS) is 18.3. The van der Waals surface area contributed by atoms with Crippen LogP contribution in [0.3, 0.4) is 0 Å². The summed E-state index contributed by atoms with van der Waals surface area (Å²) in [6.07, 6.45) is 3.37. The quantitative estimate of drug-likeness (QED) is 0.930. The Kier molecular flexibility index (Phi) is 4.00. The van der Waals surface area contributed by atoms with E-state index in [-0.39, 0.29) is 23.8 Å². The van der Waals surface area contributed by atoms with Crippen molar-refractivity contribution in [1.29, 1.82) is 0 Å². The van der Waals surface area contributed by atoms with E-state index >= 15 is 0 Å². The molecule has 6 heteroatoms. The summed E-state index contributed by atoms with van der Waals surface area (Å²) >= 11 is 0. The number of nitrogens with zero attached hydrogens (tertiary/aromatic N) is 2. The van der Waals surface area contributed by atoms with E-state index < -0.39 is 5.60 Å². The van der Waals surface area contributed by atoms with E-state index in [1.807, 2.05) is 32.9 Å². The van der Waals surface area contributed by atoms with Crippen molar-refractivity contribution in [1.82, 2.24) is 9.88 Å². The predicted molar refractivity (Wildman–Crippen MR) is 86.1 cm³/mol. The molecule has 1 N–H and O–H groups in total. The summed E-state index contributed by atoms with van der Waals surface area (Å²) in [5.74, 6) is 1.07. The van der Waals surface area contributed by atoms with Crippen LogP contribution in [0.1, 0.15) is 45.1 Å². The number of pyridine rings is 1. The summed E-state index contributed by atoms with van der Waals surface area (Å²) in [6.45, 7) is 6.85. The van der Waals surface area contributed by atoms with Gasteiger partial charge in [0, 0.05) is 31.1 Å². The fraction of sp³-hybridized carbons (Fsp3) is 0.588. The lowest BCUT2D eigenvalue weighted by Gasteiger charge is -2.40. The molecule has 2 aliphatic rings. The first-order valence-electron chi connectivity index (χ1n) is 8.06. The molecular weight excluding hydrogens is 294 g/mol. The highest BCUT2D eigenvalue weighted by atomic mass is 16.6. The molecule has 0 atom stereocenters. The monoisotopic (exact) mass is 317 g/mol. The third-order valence-corrected chi connectivity index (χ3v) is 3.99. The summed E-state index contributed by atoms with van der Waals surface area (Å²) in [6, 6.07) is 3.83. The number of aromatic nitrogens is 1. The number of ether oxygens (including phenoxy) is 1. The zero-order valence-corrected chi connectivity index (χ0v) is 13.8. The first-order chi connectivity index (χ1) is 10.8. The number of likely N-dealkylation sites (tertiary alicyclic amines) is 1. The molecule has 124 valence electrons. The Bertz CT molecular complexity index is 614. The van der Waals surface area contributed by atoms with Crippen LogP contribution in [0.25, 0.3) is 0 Å². The van der Waals surface area contributed by atoms with E-state index in [0.717, 1.165) is 18.4 Å². The molecule has 0 unspecified atom stereocenters. The number of amides is 2. The van der Waals surface area contributed by atoms with Crippen LogP contribution < -0.4 is 5.32 Å². The number of carbonyl (C=O) groups is 2. The van der Waals surface area contributed by atoms with Gasteiger partial charge in [-0.1, -0.05) is 0 Å². The molecule has 1 aromatic heterocycles. The van der Waals surface area contributed by atoms with Gasteiger partial charge in [0.1, 0.15) is 11.4 Å². The van der Waals surface area contributed by atoms with E-state index in [4.69, 9.17) is 4.74 Å². The maximum absolute atomic E-state index is 11.9. The van der Waals surface area contributed by atoms with Gasteiger partial charge in [0.25, 0.3) is 0 Å². The van der Waals surface area contributed by atoms with E-state index in [9.17, 15) is 9.59 Å². The maximum atomic E-state index is 11.9. The highest BCUT2D eigenvalue weighted by molar-refractivity contribution is 5.93. The van der Waals surface area contributed by atoms with Crippen LogP contribution in [0.15, 0.2) is 18.3 Å². The average Bonchev–Trinajstić information content (AvgIpc) is 3.19. The molecule has 1 saturated carbocycles. The topological polar surface area (TPSA) is 71.5 Å². The van der Waals surface area contributed by atoms with Gasteiger partial charge in [0.2, 0.25) is 5.91 Å². The zero-order chi connectivity index (χ0) is 16.6. The van der Waals surface area contributed by atoms with Crippen molar-refractivity contribution in [2.75, 3.05) is 18.4 Å². The lowest BCUT2D eigenvalue weighted by molar-refractivity contribution is -0.117. The SMILES string of the molecule is CC(C)(C)OC(=O)N1CC(c2ccnc(NC(=O)C3CC3)c2)C1. The summed E-state index contributed by atoms with van der Waals surface area (Å²) < 4.78 is 5.35. The molecule has 1 aliphatic heterocycles. The van der Waals surface area contributed by atoms with E-state index in [0.29, 0.717) is 18.9 Å². The third-order valence-electron chi connectivity index (χ3n) is 3.99. The molecule has 1 saturated heterocycles. The van der Waals surface area contributed by atoms with Crippen molar-refractivity contribution in [2.45, 2.75) is 45.1 Å². The Morgan fingerprint density at radius 3 is 2.61 bits per heavy atom. The molecule has 23 heavy (non-hydrogen) atoms. The molecule has 0 spiro atoms. The van der Waals surface area contributed by atoms with E-state index in [2.05, 4.69) is 10.3 Å². The molecule has 1 aliphatic carbocycles. The number of carbonyl (C=O) groups excluding carboxylic acids is 2. The maximum Gasteiger partial charge on any atom is 0.410 e. The minimum atomic E-state index is -0.473. The molecular formula is C17H23N3O3. The molecule has 1 aromatic rings. The Balaban J connectivity index is 1.55. The fourth-order valence-corrected chi connectivity index (χ4v) is 2.51. The Morgan fingerprint density at radius 2 is 2.00 bits per heavy atom. The van der Waals surface area contributed by atoms with Gasteiger partial charge in [-0.25, -0.2) is 9.78 Å². The molecule has 3 rings (SSSR count). The highest BCUT2D eigenvalue weighted by Crippen LogP contribution is 2.31. The van der Waals surface area contributed by atoms with Crippen LogP contribution >= 0.6 is 0 Å². The van der Waals surface area contributed by atoms with Crippen LogP contribution in [0.2, 0.25) is 0 Å². The molecule has 2 fully saturated rings. The summed E-state index contributed by atoms with van der Waals surface area (Å²) in [5.41, 5.74) is 0.616. The number of anilines is 1. The van der Waals surface area contributed by atoms with Crippen LogP contribution in [0.4, 0.5) is 10.6 Å². The summed E-state index contributed by atoms with van der Waals surface area (Å²) in [4.78, 5) is 29.6. The van der Waals surface area contributed by atoms with Gasteiger partial charge in [-0.15, -0.1) is 0 Å². The minimum absolute atomic E-state index is 0.0543.